The molecule has 122 valence electrons. The van der Waals surface area contributed by atoms with E-state index in [9.17, 15) is 4.79 Å². The van der Waals surface area contributed by atoms with Gasteiger partial charge in [0.05, 0.1) is 12.2 Å². The molecule has 0 saturated heterocycles. The Hall–Kier alpha value is -1.92. The molecule has 2 heterocycles. The maximum atomic E-state index is 11.7. The number of amides is 1. The average molecular weight is 331 g/mol. The van der Waals surface area contributed by atoms with Crippen LogP contribution in [0.25, 0.3) is 0 Å². The lowest BCUT2D eigenvalue weighted by Gasteiger charge is -2.11. The molecule has 0 saturated carbocycles. The van der Waals surface area contributed by atoms with Crippen LogP contribution in [-0.2, 0) is 22.5 Å². The number of aromatic nitrogens is 1. The standard InChI is InChI=1S/C17H21N3O2S/c1-11(22-2)17-19-14(10-23-17)9-18-13-7-6-12-4-3-5-16(21)20-15(12)8-13/h6-8,10-11,18H,3-5,9H2,1-2H3,(H,20,21). The predicted octanol–water partition coefficient (Wildman–Crippen LogP) is 3.74. The van der Waals surface area contributed by atoms with Gasteiger partial charge in [0.15, 0.2) is 0 Å². The summed E-state index contributed by atoms with van der Waals surface area (Å²) >= 11 is 1.61. The fourth-order valence-corrected chi connectivity index (χ4v) is 3.41. The van der Waals surface area contributed by atoms with E-state index in [1.165, 1.54) is 5.56 Å². The first-order valence-corrected chi connectivity index (χ1v) is 8.67. The molecule has 23 heavy (non-hydrogen) atoms. The molecule has 6 heteroatoms. The lowest BCUT2D eigenvalue weighted by atomic mass is 10.1. The summed E-state index contributed by atoms with van der Waals surface area (Å²) in [6, 6.07) is 6.15. The highest BCUT2D eigenvalue weighted by atomic mass is 32.1. The van der Waals surface area contributed by atoms with Crippen molar-refractivity contribution in [2.75, 3.05) is 17.7 Å². The number of thiazole rings is 1. The molecule has 1 unspecified atom stereocenters. The minimum absolute atomic E-state index is 0.0245. The second kappa shape index (κ2) is 7.10. The van der Waals surface area contributed by atoms with Gasteiger partial charge in [-0.2, -0.15) is 0 Å². The molecule has 2 N–H and O–H groups in total. The van der Waals surface area contributed by atoms with E-state index in [2.05, 4.69) is 27.8 Å². The predicted molar refractivity (Wildman–Crippen MR) is 92.9 cm³/mol. The van der Waals surface area contributed by atoms with Crippen LogP contribution in [-0.4, -0.2) is 18.0 Å². The second-order valence-electron chi connectivity index (χ2n) is 5.68. The molecule has 1 aliphatic rings. The van der Waals surface area contributed by atoms with E-state index in [4.69, 9.17) is 4.74 Å². The van der Waals surface area contributed by atoms with E-state index < -0.39 is 0 Å². The van der Waals surface area contributed by atoms with Crippen molar-refractivity contribution in [3.8, 4) is 0 Å². The summed E-state index contributed by atoms with van der Waals surface area (Å²) in [5.41, 5.74) is 4.10. The number of fused-ring (bicyclic) bond motifs is 1. The highest BCUT2D eigenvalue weighted by Crippen LogP contribution is 2.26. The van der Waals surface area contributed by atoms with Crippen molar-refractivity contribution in [3.05, 3.63) is 39.8 Å². The molecule has 1 atom stereocenters. The molecule has 1 aromatic carbocycles. The van der Waals surface area contributed by atoms with E-state index >= 15 is 0 Å². The summed E-state index contributed by atoms with van der Waals surface area (Å²) in [6.45, 7) is 2.64. The number of nitrogens with one attached hydrogen (secondary N) is 2. The Labute approximate surface area is 140 Å². The highest BCUT2D eigenvalue weighted by Gasteiger charge is 2.13. The lowest BCUT2D eigenvalue weighted by Crippen LogP contribution is -2.09. The highest BCUT2D eigenvalue weighted by molar-refractivity contribution is 7.09. The van der Waals surface area contributed by atoms with Crippen LogP contribution in [0.15, 0.2) is 23.6 Å². The fraction of sp³-hybridized carbons (Fsp3) is 0.412. The lowest BCUT2D eigenvalue weighted by molar-refractivity contribution is -0.116. The van der Waals surface area contributed by atoms with Gasteiger partial charge in [-0.05, 0) is 37.5 Å². The van der Waals surface area contributed by atoms with E-state index in [0.29, 0.717) is 13.0 Å². The van der Waals surface area contributed by atoms with Crippen LogP contribution in [0, 0.1) is 0 Å². The largest absolute Gasteiger partial charge is 0.379 e. The number of benzene rings is 1. The number of hydrogen-bond acceptors (Lipinski definition) is 5. The molecule has 1 aliphatic heterocycles. The van der Waals surface area contributed by atoms with E-state index in [1.54, 1.807) is 18.4 Å². The number of rotatable bonds is 5. The van der Waals surface area contributed by atoms with Crippen LogP contribution in [0.4, 0.5) is 11.4 Å². The van der Waals surface area contributed by atoms with Gasteiger partial charge in [0.25, 0.3) is 0 Å². The molecule has 0 radical (unpaired) electrons. The number of aryl methyl sites for hydroxylation is 1. The number of methoxy groups -OCH3 is 1. The summed E-state index contributed by atoms with van der Waals surface area (Å²) in [7, 11) is 1.69. The molecule has 0 bridgehead atoms. The SMILES string of the molecule is COC(C)c1nc(CNc2ccc3c(c2)NC(=O)CCC3)cs1. The normalized spacial score (nSPS) is 15.5. The first-order valence-electron chi connectivity index (χ1n) is 7.79. The minimum Gasteiger partial charge on any atom is -0.379 e. The Morgan fingerprint density at radius 3 is 3.13 bits per heavy atom. The van der Waals surface area contributed by atoms with E-state index in [-0.39, 0.29) is 12.0 Å². The average Bonchev–Trinajstić information content (AvgIpc) is 2.94. The third-order valence-corrected chi connectivity index (χ3v) is 5.03. The summed E-state index contributed by atoms with van der Waals surface area (Å²) in [5.74, 6) is 0.0959. The molecule has 1 amide bonds. The zero-order valence-corrected chi connectivity index (χ0v) is 14.2. The van der Waals surface area contributed by atoms with Crippen molar-refractivity contribution in [3.63, 3.8) is 0 Å². The fourth-order valence-electron chi connectivity index (χ4n) is 2.56. The van der Waals surface area contributed by atoms with Crippen LogP contribution in [0.1, 0.15) is 42.1 Å². The first-order chi connectivity index (χ1) is 11.2. The van der Waals surface area contributed by atoms with Crippen LogP contribution in [0.5, 0.6) is 0 Å². The van der Waals surface area contributed by atoms with Crippen LogP contribution in [0.3, 0.4) is 0 Å². The maximum Gasteiger partial charge on any atom is 0.224 e. The molecule has 0 spiro atoms. The van der Waals surface area contributed by atoms with Gasteiger partial charge < -0.3 is 15.4 Å². The number of nitrogens with zero attached hydrogens (tertiary/aromatic N) is 1. The third kappa shape index (κ3) is 3.89. The molecule has 0 aliphatic carbocycles. The maximum absolute atomic E-state index is 11.7. The summed E-state index contributed by atoms with van der Waals surface area (Å²) in [5, 5.41) is 9.38. The Morgan fingerprint density at radius 1 is 1.43 bits per heavy atom. The van der Waals surface area contributed by atoms with Gasteiger partial charge in [-0.15, -0.1) is 11.3 Å². The Balaban J connectivity index is 1.66. The Kier molecular flexibility index (Phi) is 4.93. The molecular weight excluding hydrogens is 310 g/mol. The Morgan fingerprint density at radius 2 is 2.30 bits per heavy atom. The third-order valence-electron chi connectivity index (χ3n) is 3.98. The minimum atomic E-state index is 0.0245. The topological polar surface area (TPSA) is 63.2 Å². The number of ether oxygens (including phenoxy) is 1. The molecule has 3 rings (SSSR count). The quantitative estimate of drug-likeness (QED) is 0.876. The summed E-state index contributed by atoms with van der Waals surface area (Å²) < 4.78 is 5.28. The number of carbonyl (C=O) groups is 1. The van der Waals surface area contributed by atoms with Crippen molar-refractivity contribution in [2.45, 2.75) is 38.8 Å². The molecule has 2 aromatic rings. The van der Waals surface area contributed by atoms with Crippen molar-refractivity contribution in [1.29, 1.82) is 0 Å². The van der Waals surface area contributed by atoms with Crippen molar-refractivity contribution >= 4 is 28.6 Å². The van der Waals surface area contributed by atoms with Gasteiger partial charge in [-0.25, -0.2) is 4.98 Å². The van der Waals surface area contributed by atoms with E-state index in [0.717, 1.165) is 34.9 Å². The van der Waals surface area contributed by atoms with Crippen LogP contribution < -0.4 is 10.6 Å². The second-order valence-corrected chi connectivity index (χ2v) is 6.57. The van der Waals surface area contributed by atoms with Crippen molar-refractivity contribution < 1.29 is 9.53 Å². The first kappa shape index (κ1) is 16.0. The number of anilines is 2. The number of carbonyl (C=O) groups excluding carboxylic acids is 1. The van der Waals surface area contributed by atoms with Gasteiger partial charge in [0.1, 0.15) is 11.1 Å². The summed E-state index contributed by atoms with van der Waals surface area (Å²) in [6.07, 6.45) is 2.47. The molecule has 5 nitrogen and oxygen atoms in total. The molecule has 0 fully saturated rings. The van der Waals surface area contributed by atoms with Gasteiger partial charge in [-0.3, -0.25) is 4.79 Å². The zero-order valence-electron chi connectivity index (χ0n) is 13.4. The molecule has 1 aromatic heterocycles. The van der Waals surface area contributed by atoms with Gasteiger partial charge in [0.2, 0.25) is 5.91 Å². The van der Waals surface area contributed by atoms with Gasteiger partial charge >= 0.3 is 0 Å². The molecular formula is C17H21N3O2S. The summed E-state index contributed by atoms with van der Waals surface area (Å²) in [4.78, 5) is 16.3. The van der Waals surface area contributed by atoms with Crippen LogP contribution in [0.2, 0.25) is 0 Å². The van der Waals surface area contributed by atoms with E-state index in [1.807, 2.05) is 18.4 Å². The van der Waals surface area contributed by atoms with Gasteiger partial charge in [-0.1, -0.05) is 6.07 Å². The smallest absolute Gasteiger partial charge is 0.224 e. The van der Waals surface area contributed by atoms with Crippen molar-refractivity contribution in [1.82, 2.24) is 4.98 Å². The van der Waals surface area contributed by atoms with Crippen molar-refractivity contribution in [2.24, 2.45) is 0 Å². The van der Waals surface area contributed by atoms with Crippen LogP contribution >= 0.6 is 11.3 Å². The monoisotopic (exact) mass is 331 g/mol. The number of hydrogen-bond donors (Lipinski definition) is 2. The Bertz CT molecular complexity index is 699. The zero-order chi connectivity index (χ0) is 16.2. The van der Waals surface area contributed by atoms with Gasteiger partial charge in [0, 0.05) is 30.3 Å².